The van der Waals surface area contributed by atoms with Crippen LogP contribution in [0, 0.1) is 5.82 Å². The number of pyridine rings is 2. The number of fused-ring (bicyclic) bond motifs is 3. The van der Waals surface area contributed by atoms with E-state index in [0.717, 1.165) is 12.8 Å². The van der Waals surface area contributed by atoms with Crippen molar-refractivity contribution in [1.29, 1.82) is 0 Å². The van der Waals surface area contributed by atoms with E-state index in [1.165, 1.54) is 23.9 Å². The van der Waals surface area contributed by atoms with E-state index in [9.17, 15) is 14.0 Å². The summed E-state index contributed by atoms with van der Waals surface area (Å²) >= 11 is 5.84. The molecule has 2 saturated heterocycles. The second-order valence-electron chi connectivity index (χ2n) is 8.73. The average Bonchev–Trinajstić information content (AvgIpc) is 2.89. The number of aryl methyl sites for hydroxylation is 1. The van der Waals surface area contributed by atoms with Crippen molar-refractivity contribution in [2.24, 2.45) is 7.05 Å². The molecular weight excluding hydrogens is 399 g/mol. The van der Waals surface area contributed by atoms with Crippen LogP contribution in [0.3, 0.4) is 0 Å². The number of hydrogen-bond acceptors (Lipinski definition) is 5. The molecule has 2 bridgehead atoms. The number of aromatic nitrogens is 2. The highest BCUT2D eigenvalue weighted by Crippen LogP contribution is 2.36. The Bertz CT molecular complexity index is 1030. The molecule has 0 spiro atoms. The number of halogens is 2. The molecule has 0 aromatic carbocycles. The Morgan fingerprint density at radius 1 is 1.28 bits per heavy atom. The molecule has 2 unspecified atom stereocenters. The van der Waals surface area contributed by atoms with Crippen LogP contribution in [0.4, 0.5) is 14.9 Å². The van der Waals surface area contributed by atoms with Crippen LogP contribution in [-0.4, -0.2) is 51.3 Å². The molecule has 2 aliphatic heterocycles. The first-order chi connectivity index (χ1) is 13.6. The van der Waals surface area contributed by atoms with E-state index >= 15 is 0 Å². The van der Waals surface area contributed by atoms with Gasteiger partial charge in [0, 0.05) is 37.8 Å². The molecule has 2 aromatic heterocycles. The lowest BCUT2D eigenvalue weighted by molar-refractivity contribution is 0.0123. The predicted octanol–water partition coefficient (Wildman–Crippen LogP) is 3.31. The molecule has 0 N–H and O–H groups in total. The van der Waals surface area contributed by atoms with Crippen molar-refractivity contribution in [1.82, 2.24) is 14.5 Å². The molecular formula is C20H24ClFN4O3. The van der Waals surface area contributed by atoms with Gasteiger partial charge in [-0.2, -0.15) is 0 Å². The third-order valence-electron chi connectivity index (χ3n) is 5.58. The standard InChI is InChI=1S/C20H24ClFN4O3/c1-20(2,3)29-19(28)26-11-5-6-12(26)10-25(9-11)14-7-15(27)24(4)17-13(14)8-23-18(21)16(17)22/h7-8,11-12H,5-6,9-10H2,1-4H3. The molecule has 0 radical (unpaired) electrons. The van der Waals surface area contributed by atoms with E-state index in [4.69, 9.17) is 16.3 Å². The Hall–Kier alpha value is -2.35. The van der Waals surface area contributed by atoms with Crippen molar-refractivity contribution in [3.63, 3.8) is 0 Å². The third kappa shape index (κ3) is 3.43. The largest absolute Gasteiger partial charge is 0.444 e. The van der Waals surface area contributed by atoms with Crippen molar-refractivity contribution < 1.29 is 13.9 Å². The Balaban J connectivity index is 1.70. The molecule has 4 heterocycles. The van der Waals surface area contributed by atoms with Crippen LogP contribution in [0.5, 0.6) is 0 Å². The minimum atomic E-state index is -0.707. The summed E-state index contributed by atoms with van der Waals surface area (Å²) in [5, 5.41) is 0.263. The third-order valence-corrected chi connectivity index (χ3v) is 5.84. The summed E-state index contributed by atoms with van der Waals surface area (Å²) in [5.74, 6) is -0.707. The van der Waals surface area contributed by atoms with Crippen LogP contribution >= 0.6 is 11.6 Å². The topological polar surface area (TPSA) is 67.7 Å². The van der Waals surface area contributed by atoms with E-state index in [-0.39, 0.29) is 34.4 Å². The fraction of sp³-hybridized carbons (Fsp3) is 0.550. The molecule has 2 aliphatic rings. The molecule has 0 saturated carbocycles. The maximum atomic E-state index is 14.6. The zero-order valence-electron chi connectivity index (χ0n) is 16.9. The first kappa shape index (κ1) is 19.9. The van der Waals surface area contributed by atoms with Gasteiger partial charge in [-0.15, -0.1) is 0 Å². The number of carbonyl (C=O) groups is 1. The summed E-state index contributed by atoms with van der Waals surface area (Å²) in [6.07, 6.45) is 2.92. The quantitative estimate of drug-likeness (QED) is 0.659. The SMILES string of the molecule is Cn1c(=O)cc(N2CC3CCC(C2)N3C(=O)OC(C)(C)C)c2cnc(Cl)c(F)c21. The van der Waals surface area contributed by atoms with Gasteiger partial charge in [0.1, 0.15) is 5.60 Å². The first-order valence-electron chi connectivity index (χ1n) is 9.67. The lowest BCUT2D eigenvalue weighted by Gasteiger charge is -2.42. The Labute approximate surface area is 173 Å². The second kappa shape index (κ2) is 6.86. The Morgan fingerprint density at radius 2 is 1.90 bits per heavy atom. The van der Waals surface area contributed by atoms with Gasteiger partial charge in [0.15, 0.2) is 11.0 Å². The van der Waals surface area contributed by atoms with E-state index in [2.05, 4.69) is 4.98 Å². The molecule has 7 nitrogen and oxygen atoms in total. The monoisotopic (exact) mass is 422 g/mol. The predicted molar refractivity (Wildman–Crippen MR) is 109 cm³/mol. The molecule has 4 rings (SSSR count). The summed E-state index contributed by atoms with van der Waals surface area (Å²) in [4.78, 5) is 33.0. The van der Waals surface area contributed by atoms with Crippen LogP contribution in [0.15, 0.2) is 17.1 Å². The van der Waals surface area contributed by atoms with Crippen molar-refractivity contribution >= 4 is 34.3 Å². The van der Waals surface area contributed by atoms with Crippen LogP contribution in [0.25, 0.3) is 10.9 Å². The lowest BCUT2D eigenvalue weighted by atomic mass is 10.1. The zero-order chi connectivity index (χ0) is 21.1. The van der Waals surface area contributed by atoms with Gasteiger partial charge in [-0.3, -0.25) is 9.69 Å². The van der Waals surface area contributed by atoms with Crippen molar-refractivity contribution in [2.75, 3.05) is 18.0 Å². The fourth-order valence-electron chi connectivity index (χ4n) is 4.35. The Morgan fingerprint density at radius 3 is 2.48 bits per heavy atom. The summed E-state index contributed by atoms with van der Waals surface area (Å²) in [6.45, 7) is 6.63. The van der Waals surface area contributed by atoms with Crippen LogP contribution in [-0.2, 0) is 11.8 Å². The maximum Gasteiger partial charge on any atom is 0.410 e. The van der Waals surface area contributed by atoms with Crippen molar-refractivity contribution in [3.8, 4) is 0 Å². The molecule has 2 fully saturated rings. The van der Waals surface area contributed by atoms with Gasteiger partial charge in [-0.05, 0) is 33.6 Å². The highest BCUT2D eigenvalue weighted by molar-refractivity contribution is 6.30. The smallest absolute Gasteiger partial charge is 0.410 e. The maximum absolute atomic E-state index is 14.6. The van der Waals surface area contributed by atoms with Crippen molar-refractivity contribution in [3.05, 3.63) is 33.6 Å². The van der Waals surface area contributed by atoms with E-state index < -0.39 is 11.4 Å². The minimum Gasteiger partial charge on any atom is -0.444 e. The van der Waals surface area contributed by atoms with Gasteiger partial charge in [0.25, 0.3) is 5.56 Å². The minimum absolute atomic E-state index is 0.0205. The molecule has 156 valence electrons. The molecule has 2 aromatic rings. The highest BCUT2D eigenvalue weighted by Gasteiger charge is 2.44. The fourth-order valence-corrected chi connectivity index (χ4v) is 4.48. The van der Waals surface area contributed by atoms with Crippen LogP contribution in [0.2, 0.25) is 5.15 Å². The average molecular weight is 423 g/mol. The molecule has 29 heavy (non-hydrogen) atoms. The summed E-state index contributed by atoms with van der Waals surface area (Å²) in [6, 6.07) is 1.46. The highest BCUT2D eigenvalue weighted by atomic mass is 35.5. The van der Waals surface area contributed by atoms with E-state index in [0.29, 0.717) is 24.2 Å². The number of rotatable bonds is 1. The van der Waals surface area contributed by atoms with Gasteiger partial charge in [0.2, 0.25) is 0 Å². The number of amides is 1. The molecule has 2 atom stereocenters. The number of hydrogen-bond donors (Lipinski definition) is 0. The first-order valence-corrected chi connectivity index (χ1v) is 10.0. The zero-order valence-corrected chi connectivity index (χ0v) is 17.7. The van der Waals surface area contributed by atoms with Gasteiger partial charge >= 0.3 is 6.09 Å². The number of ether oxygens (including phenoxy) is 1. The number of nitrogens with zero attached hydrogens (tertiary/aromatic N) is 4. The number of carbonyl (C=O) groups excluding carboxylic acids is 1. The van der Waals surface area contributed by atoms with E-state index in [1.807, 2.05) is 30.6 Å². The lowest BCUT2D eigenvalue weighted by Crippen LogP contribution is -2.57. The molecule has 1 amide bonds. The molecule has 9 heteroatoms. The summed E-state index contributed by atoms with van der Waals surface area (Å²) < 4.78 is 21.5. The number of anilines is 1. The van der Waals surface area contributed by atoms with Gasteiger partial charge < -0.3 is 14.2 Å². The number of piperazine rings is 1. The molecule has 0 aliphatic carbocycles. The Kier molecular flexibility index (Phi) is 4.72. The normalized spacial score (nSPS) is 21.7. The summed E-state index contributed by atoms with van der Waals surface area (Å²) in [7, 11) is 1.51. The van der Waals surface area contributed by atoms with Gasteiger partial charge in [-0.1, -0.05) is 11.6 Å². The van der Waals surface area contributed by atoms with Gasteiger partial charge in [-0.25, -0.2) is 14.2 Å². The van der Waals surface area contributed by atoms with Gasteiger partial charge in [0.05, 0.1) is 23.3 Å². The van der Waals surface area contributed by atoms with E-state index in [1.54, 1.807) is 0 Å². The van der Waals surface area contributed by atoms with Crippen LogP contribution in [0.1, 0.15) is 33.6 Å². The summed E-state index contributed by atoms with van der Waals surface area (Å²) in [5.41, 5.74) is -0.130. The van der Waals surface area contributed by atoms with Crippen molar-refractivity contribution in [2.45, 2.75) is 51.3 Å². The second-order valence-corrected chi connectivity index (χ2v) is 9.09. The van der Waals surface area contributed by atoms with Crippen LogP contribution < -0.4 is 10.5 Å².